The fourth-order valence-electron chi connectivity index (χ4n) is 0.878. The lowest BCUT2D eigenvalue weighted by Gasteiger charge is -2.04. The van der Waals surface area contributed by atoms with E-state index in [-0.39, 0.29) is 6.02 Å². The van der Waals surface area contributed by atoms with E-state index < -0.39 is 0 Å². The lowest BCUT2D eigenvalue weighted by Crippen LogP contribution is -2.18. The zero-order valence-electron chi connectivity index (χ0n) is 7.68. The van der Waals surface area contributed by atoms with Crippen molar-refractivity contribution in [2.45, 2.75) is 0 Å². The summed E-state index contributed by atoms with van der Waals surface area (Å²) in [5.74, 6) is 0.509. The lowest BCUT2D eigenvalue weighted by molar-refractivity contribution is 0.537. The van der Waals surface area contributed by atoms with Crippen LogP contribution in [0, 0.1) is 5.53 Å². The summed E-state index contributed by atoms with van der Waals surface area (Å²) in [6, 6.07) is 6.73. The third kappa shape index (κ3) is 3.69. The fraction of sp³-hybridized carbons (Fsp3) is 0. The number of benzene rings is 1. The Morgan fingerprint density at radius 1 is 1.47 bits per heavy atom. The first-order valence-electron chi connectivity index (χ1n) is 3.94. The maximum Gasteiger partial charge on any atom is 0.313 e. The third-order valence-electron chi connectivity index (χ3n) is 1.45. The van der Waals surface area contributed by atoms with Gasteiger partial charge < -0.3 is 15.8 Å². The highest BCUT2D eigenvalue weighted by atomic mass is 32.1. The van der Waals surface area contributed by atoms with E-state index in [0.717, 1.165) is 5.69 Å². The SMILES string of the molecule is N=NN=C(N)Oc1ccc(NC=S)cc1. The lowest BCUT2D eigenvalue weighted by atomic mass is 10.3. The molecule has 15 heavy (non-hydrogen) atoms. The van der Waals surface area contributed by atoms with Crippen molar-refractivity contribution >= 4 is 29.4 Å². The Bertz CT molecular complexity index is 375. The molecular formula is C8H9N5OS. The molecule has 0 unspecified atom stereocenters. The highest BCUT2D eigenvalue weighted by Gasteiger charge is 1.97. The Balaban J connectivity index is 2.67. The van der Waals surface area contributed by atoms with Gasteiger partial charge in [-0.25, -0.2) is 0 Å². The van der Waals surface area contributed by atoms with Crippen LogP contribution in [0.15, 0.2) is 34.6 Å². The molecular weight excluding hydrogens is 214 g/mol. The van der Waals surface area contributed by atoms with Gasteiger partial charge in [0.25, 0.3) is 0 Å². The fourth-order valence-corrected chi connectivity index (χ4v) is 1.01. The first-order chi connectivity index (χ1) is 7.26. The van der Waals surface area contributed by atoms with Crippen LogP contribution in [0.2, 0.25) is 0 Å². The Hall–Kier alpha value is -2.02. The summed E-state index contributed by atoms with van der Waals surface area (Å²) in [5, 5.41) is 8.78. The highest BCUT2D eigenvalue weighted by molar-refractivity contribution is 7.79. The Morgan fingerprint density at radius 2 is 2.13 bits per heavy atom. The number of ether oxygens (including phenoxy) is 1. The van der Waals surface area contributed by atoms with Gasteiger partial charge in [0.2, 0.25) is 0 Å². The summed E-state index contributed by atoms with van der Waals surface area (Å²) in [6.45, 7) is 0. The molecule has 1 rings (SSSR count). The number of nitrogens with zero attached hydrogens (tertiary/aromatic N) is 2. The molecule has 4 N–H and O–H groups in total. The molecule has 0 aromatic heterocycles. The van der Waals surface area contributed by atoms with Gasteiger partial charge in [0, 0.05) is 5.69 Å². The van der Waals surface area contributed by atoms with Crippen molar-refractivity contribution in [1.29, 1.82) is 5.53 Å². The zero-order chi connectivity index (χ0) is 11.1. The standard InChI is InChI=1S/C8H9N5OS/c9-8(12-13-10)14-7-3-1-6(2-4-7)11-5-15/h1-5H,(H,11,15)(H3,9,10,12). The first kappa shape index (κ1) is 11.1. The van der Waals surface area contributed by atoms with Crippen molar-refractivity contribution < 1.29 is 4.74 Å². The molecule has 7 heteroatoms. The van der Waals surface area contributed by atoms with E-state index in [1.54, 1.807) is 24.3 Å². The topological polar surface area (TPSA) is 95.9 Å². The molecule has 0 aliphatic heterocycles. The second kappa shape index (κ2) is 5.66. The Labute approximate surface area is 91.6 Å². The van der Waals surface area contributed by atoms with Crippen LogP contribution in [-0.2, 0) is 0 Å². The summed E-state index contributed by atoms with van der Waals surface area (Å²) in [4.78, 5) is 0. The summed E-state index contributed by atoms with van der Waals surface area (Å²) < 4.78 is 5.04. The van der Waals surface area contributed by atoms with Gasteiger partial charge in [-0.15, -0.1) is 0 Å². The van der Waals surface area contributed by atoms with Gasteiger partial charge >= 0.3 is 6.02 Å². The smallest absolute Gasteiger partial charge is 0.313 e. The van der Waals surface area contributed by atoms with Crippen molar-refractivity contribution in [2.75, 3.05) is 5.32 Å². The highest BCUT2D eigenvalue weighted by Crippen LogP contribution is 2.14. The monoisotopic (exact) mass is 223 g/mol. The van der Waals surface area contributed by atoms with Gasteiger partial charge in [-0.3, -0.25) is 0 Å². The largest absolute Gasteiger partial charge is 0.425 e. The molecule has 0 aliphatic carbocycles. The molecule has 0 heterocycles. The van der Waals surface area contributed by atoms with E-state index >= 15 is 0 Å². The molecule has 0 radical (unpaired) electrons. The molecule has 6 nitrogen and oxygen atoms in total. The van der Waals surface area contributed by atoms with Crippen LogP contribution in [0.4, 0.5) is 5.69 Å². The second-order valence-corrected chi connectivity index (χ2v) is 2.66. The molecule has 0 saturated carbocycles. The molecule has 0 fully saturated rings. The predicted octanol–water partition coefficient (Wildman–Crippen LogP) is 1.70. The summed E-state index contributed by atoms with van der Waals surface area (Å²) in [7, 11) is 0. The maximum atomic E-state index is 6.44. The van der Waals surface area contributed by atoms with Crippen molar-refractivity contribution in [2.24, 2.45) is 16.1 Å². The van der Waals surface area contributed by atoms with Gasteiger partial charge in [0.15, 0.2) is 0 Å². The average molecular weight is 223 g/mol. The Morgan fingerprint density at radius 3 is 2.67 bits per heavy atom. The molecule has 0 saturated heterocycles. The van der Waals surface area contributed by atoms with Gasteiger partial charge in [-0.2, -0.15) is 5.53 Å². The summed E-state index contributed by atoms with van der Waals surface area (Å²) in [6.07, 6.45) is 0. The minimum Gasteiger partial charge on any atom is -0.425 e. The van der Waals surface area contributed by atoms with Crippen LogP contribution in [0.1, 0.15) is 0 Å². The number of hydrogen-bond donors (Lipinski definition) is 3. The second-order valence-electron chi connectivity index (χ2n) is 2.43. The predicted molar refractivity (Wildman–Crippen MR) is 61.1 cm³/mol. The maximum absolute atomic E-state index is 6.44. The van der Waals surface area contributed by atoms with E-state index in [9.17, 15) is 0 Å². The van der Waals surface area contributed by atoms with Crippen molar-refractivity contribution in [1.82, 2.24) is 0 Å². The van der Waals surface area contributed by atoms with Crippen LogP contribution in [-0.4, -0.2) is 11.5 Å². The van der Waals surface area contributed by atoms with E-state index in [0.29, 0.717) is 5.75 Å². The van der Waals surface area contributed by atoms with Crippen LogP contribution in [0.3, 0.4) is 0 Å². The molecule has 1 aromatic carbocycles. The number of thiocarbonyl (C=S) groups is 1. The van der Waals surface area contributed by atoms with Crippen LogP contribution in [0.25, 0.3) is 0 Å². The third-order valence-corrected chi connectivity index (χ3v) is 1.57. The molecule has 0 spiro atoms. The quantitative estimate of drug-likeness (QED) is 0.238. The molecule has 0 amide bonds. The number of rotatable bonds is 4. The van der Waals surface area contributed by atoms with E-state index in [4.69, 9.17) is 16.0 Å². The van der Waals surface area contributed by atoms with Crippen molar-refractivity contribution in [3.63, 3.8) is 0 Å². The number of amidine groups is 1. The van der Waals surface area contributed by atoms with Gasteiger partial charge in [0.1, 0.15) is 5.75 Å². The van der Waals surface area contributed by atoms with Gasteiger partial charge in [-0.05, 0) is 29.5 Å². The van der Waals surface area contributed by atoms with E-state index in [2.05, 4.69) is 27.9 Å². The van der Waals surface area contributed by atoms with Gasteiger partial charge in [0.05, 0.1) is 5.49 Å². The van der Waals surface area contributed by atoms with E-state index in [1.807, 2.05) is 0 Å². The minimum atomic E-state index is -0.180. The summed E-state index contributed by atoms with van der Waals surface area (Å²) in [5.41, 5.74) is 14.0. The molecule has 0 atom stereocenters. The molecule has 1 aromatic rings. The molecule has 78 valence electrons. The molecule has 0 bridgehead atoms. The van der Waals surface area contributed by atoms with Gasteiger partial charge in [-0.1, -0.05) is 17.3 Å². The number of nitrogens with one attached hydrogen (secondary N) is 2. The van der Waals surface area contributed by atoms with Crippen LogP contribution < -0.4 is 15.8 Å². The Kier molecular flexibility index (Phi) is 4.17. The van der Waals surface area contributed by atoms with Crippen molar-refractivity contribution in [3.8, 4) is 5.75 Å². The zero-order valence-corrected chi connectivity index (χ0v) is 8.49. The first-order valence-corrected chi connectivity index (χ1v) is 4.41. The van der Waals surface area contributed by atoms with E-state index in [1.165, 1.54) is 5.49 Å². The number of nitrogens with two attached hydrogens (primary N) is 1. The molecule has 0 aliphatic rings. The number of hydrogen-bond acceptors (Lipinski definition) is 4. The van der Waals surface area contributed by atoms with Crippen molar-refractivity contribution in [3.05, 3.63) is 24.3 Å². The normalized spacial score (nSPS) is 10.5. The van der Waals surface area contributed by atoms with Crippen LogP contribution >= 0.6 is 12.2 Å². The number of anilines is 1. The average Bonchev–Trinajstić information content (AvgIpc) is 2.22. The minimum absolute atomic E-state index is 0.180. The summed E-state index contributed by atoms with van der Waals surface area (Å²) >= 11 is 4.63. The van der Waals surface area contributed by atoms with Crippen LogP contribution in [0.5, 0.6) is 5.75 Å².